The SMILES string of the molecule is COCCn1c(SCC(=O)Nc2ccccc2OC)nc2sc3c(c2c1=O)CCCC3. The van der Waals surface area contributed by atoms with Crippen LogP contribution in [0.25, 0.3) is 10.2 Å². The first-order chi connectivity index (χ1) is 15.1. The summed E-state index contributed by atoms with van der Waals surface area (Å²) < 4.78 is 12.1. The van der Waals surface area contributed by atoms with Gasteiger partial charge in [0.25, 0.3) is 5.56 Å². The maximum atomic E-state index is 13.4. The van der Waals surface area contributed by atoms with Crippen LogP contribution in [0.3, 0.4) is 0 Å². The van der Waals surface area contributed by atoms with Gasteiger partial charge in [0, 0.05) is 12.0 Å². The molecule has 0 spiro atoms. The molecule has 3 aromatic rings. The van der Waals surface area contributed by atoms with Gasteiger partial charge in [0.2, 0.25) is 5.91 Å². The summed E-state index contributed by atoms with van der Waals surface area (Å²) in [5, 5.41) is 4.16. The third kappa shape index (κ3) is 4.63. The summed E-state index contributed by atoms with van der Waals surface area (Å²) in [5.74, 6) is 0.544. The van der Waals surface area contributed by atoms with Crippen LogP contribution in [-0.4, -0.2) is 42.0 Å². The van der Waals surface area contributed by atoms with Gasteiger partial charge in [-0.1, -0.05) is 23.9 Å². The zero-order valence-corrected chi connectivity index (χ0v) is 19.2. The van der Waals surface area contributed by atoms with Gasteiger partial charge in [-0.2, -0.15) is 0 Å². The van der Waals surface area contributed by atoms with E-state index in [4.69, 9.17) is 14.5 Å². The lowest BCUT2D eigenvalue weighted by atomic mass is 9.97. The minimum Gasteiger partial charge on any atom is -0.495 e. The van der Waals surface area contributed by atoms with Gasteiger partial charge in [0.1, 0.15) is 10.6 Å². The second-order valence-corrected chi connectivity index (χ2v) is 9.30. The minimum atomic E-state index is -0.187. The van der Waals surface area contributed by atoms with E-state index < -0.39 is 0 Å². The quantitative estimate of drug-likeness (QED) is 0.408. The third-order valence-electron chi connectivity index (χ3n) is 5.27. The smallest absolute Gasteiger partial charge is 0.263 e. The molecule has 1 aliphatic carbocycles. The van der Waals surface area contributed by atoms with Crippen LogP contribution in [0, 0.1) is 0 Å². The first-order valence-corrected chi connectivity index (χ1v) is 12.0. The Labute approximate surface area is 188 Å². The predicted molar refractivity (Wildman–Crippen MR) is 125 cm³/mol. The molecule has 9 heteroatoms. The number of aromatic nitrogens is 2. The fourth-order valence-corrected chi connectivity index (χ4v) is 5.90. The standard InChI is InChI=1S/C22H25N3O4S2/c1-28-12-11-25-21(27)19-14-7-3-6-10-17(14)31-20(19)24-22(25)30-13-18(26)23-15-8-4-5-9-16(15)29-2/h4-5,8-9H,3,6-7,10-13H2,1-2H3,(H,23,26). The van der Waals surface area contributed by atoms with Gasteiger partial charge in [0.05, 0.1) is 37.1 Å². The number of benzene rings is 1. The molecule has 0 bridgehead atoms. The number of nitrogens with one attached hydrogen (secondary N) is 1. The number of anilines is 1. The van der Waals surface area contributed by atoms with Crippen LogP contribution >= 0.6 is 23.1 Å². The summed E-state index contributed by atoms with van der Waals surface area (Å²) >= 11 is 2.88. The van der Waals surface area contributed by atoms with Crippen molar-refractivity contribution in [1.82, 2.24) is 9.55 Å². The molecule has 0 aliphatic heterocycles. The third-order valence-corrected chi connectivity index (χ3v) is 7.43. The Morgan fingerprint density at radius 2 is 2.06 bits per heavy atom. The first kappa shape index (κ1) is 21.9. The Balaban J connectivity index is 1.60. The fraction of sp³-hybridized carbons (Fsp3) is 0.409. The van der Waals surface area contributed by atoms with E-state index >= 15 is 0 Å². The fourth-order valence-electron chi connectivity index (χ4n) is 3.77. The lowest BCUT2D eigenvalue weighted by molar-refractivity contribution is -0.113. The van der Waals surface area contributed by atoms with E-state index in [-0.39, 0.29) is 17.2 Å². The Hall–Kier alpha value is -2.36. The second-order valence-electron chi connectivity index (χ2n) is 7.27. The zero-order chi connectivity index (χ0) is 21.8. The molecule has 0 fully saturated rings. The van der Waals surface area contributed by atoms with Gasteiger partial charge in [-0.15, -0.1) is 11.3 Å². The topological polar surface area (TPSA) is 82.4 Å². The summed E-state index contributed by atoms with van der Waals surface area (Å²) in [4.78, 5) is 32.8. The molecule has 0 saturated heterocycles. The summed E-state index contributed by atoms with van der Waals surface area (Å²) in [6.45, 7) is 0.805. The molecule has 4 rings (SSSR count). The number of fused-ring (bicyclic) bond motifs is 3. The summed E-state index contributed by atoms with van der Waals surface area (Å²) in [7, 11) is 3.17. The van der Waals surface area contributed by atoms with E-state index in [0.29, 0.717) is 29.7 Å². The van der Waals surface area contributed by atoms with Gasteiger partial charge in [-0.25, -0.2) is 4.98 Å². The van der Waals surface area contributed by atoms with E-state index in [9.17, 15) is 9.59 Å². The molecule has 7 nitrogen and oxygen atoms in total. The molecule has 164 valence electrons. The maximum absolute atomic E-state index is 13.4. The monoisotopic (exact) mass is 459 g/mol. The number of amides is 1. The van der Waals surface area contributed by atoms with E-state index in [1.165, 1.54) is 22.2 Å². The molecule has 1 N–H and O–H groups in total. The van der Waals surface area contributed by atoms with Crippen LogP contribution in [0.2, 0.25) is 0 Å². The molecule has 0 saturated carbocycles. The number of carbonyl (C=O) groups is 1. The minimum absolute atomic E-state index is 0.0333. The molecule has 2 aromatic heterocycles. The van der Waals surface area contributed by atoms with Crippen molar-refractivity contribution in [3.05, 3.63) is 45.1 Å². The Morgan fingerprint density at radius 3 is 2.87 bits per heavy atom. The van der Waals surface area contributed by atoms with Crippen molar-refractivity contribution in [2.75, 3.05) is 31.9 Å². The number of thiophene rings is 1. The number of nitrogens with zero attached hydrogens (tertiary/aromatic N) is 2. The van der Waals surface area contributed by atoms with Gasteiger partial charge >= 0.3 is 0 Å². The highest BCUT2D eigenvalue weighted by molar-refractivity contribution is 7.99. The molecule has 1 aliphatic rings. The summed E-state index contributed by atoms with van der Waals surface area (Å²) in [5.41, 5.74) is 1.75. The van der Waals surface area contributed by atoms with Crippen LogP contribution < -0.4 is 15.6 Å². The van der Waals surface area contributed by atoms with Crippen molar-refractivity contribution in [1.29, 1.82) is 0 Å². The zero-order valence-electron chi connectivity index (χ0n) is 17.6. The number of hydrogen-bond donors (Lipinski definition) is 1. The van der Waals surface area contributed by atoms with Crippen LogP contribution in [-0.2, 0) is 28.9 Å². The van der Waals surface area contributed by atoms with Crippen LogP contribution in [0.15, 0.2) is 34.2 Å². The lowest BCUT2D eigenvalue weighted by Gasteiger charge is -2.13. The maximum Gasteiger partial charge on any atom is 0.263 e. The Morgan fingerprint density at radius 1 is 1.26 bits per heavy atom. The van der Waals surface area contributed by atoms with Gasteiger partial charge < -0.3 is 14.8 Å². The average molecular weight is 460 g/mol. The Kier molecular flexibility index (Phi) is 6.94. The van der Waals surface area contributed by atoms with Crippen molar-refractivity contribution >= 4 is 44.9 Å². The molecular weight excluding hydrogens is 434 g/mol. The van der Waals surface area contributed by atoms with Crippen molar-refractivity contribution in [3.8, 4) is 5.75 Å². The van der Waals surface area contributed by atoms with Crippen molar-refractivity contribution < 1.29 is 14.3 Å². The van der Waals surface area contributed by atoms with Crippen molar-refractivity contribution in [2.24, 2.45) is 0 Å². The average Bonchev–Trinajstić information content (AvgIpc) is 3.16. The largest absolute Gasteiger partial charge is 0.495 e. The van der Waals surface area contributed by atoms with E-state index in [0.717, 1.165) is 35.9 Å². The lowest BCUT2D eigenvalue weighted by Crippen LogP contribution is -2.26. The molecule has 1 aromatic carbocycles. The number of aryl methyl sites for hydroxylation is 2. The van der Waals surface area contributed by atoms with E-state index in [2.05, 4.69) is 5.32 Å². The first-order valence-electron chi connectivity index (χ1n) is 10.2. The van der Waals surface area contributed by atoms with Crippen LogP contribution in [0.1, 0.15) is 23.3 Å². The number of ether oxygens (including phenoxy) is 2. The molecule has 0 atom stereocenters. The molecule has 2 heterocycles. The highest BCUT2D eigenvalue weighted by Crippen LogP contribution is 2.34. The van der Waals surface area contributed by atoms with Crippen molar-refractivity contribution in [2.45, 2.75) is 37.4 Å². The molecule has 1 amide bonds. The normalized spacial score (nSPS) is 13.2. The van der Waals surface area contributed by atoms with Crippen LogP contribution in [0.4, 0.5) is 5.69 Å². The highest BCUT2D eigenvalue weighted by atomic mass is 32.2. The van der Waals surface area contributed by atoms with Crippen molar-refractivity contribution in [3.63, 3.8) is 0 Å². The summed E-state index contributed by atoms with van der Waals surface area (Å²) in [6, 6.07) is 7.26. The Bertz CT molecular complexity index is 1160. The number of methoxy groups -OCH3 is 2. The van der Waals surface area contributed by atoms with E-state index in [1.54, 1.807) is 42.3 Å². The van der Waals surface area contributed by atoms with E-state index in [1.807, 2.05) is 12.1 Å². The molecular formula is C22H25N3O4S2. The number of thioether (sulfide) groups is 1. The predicted octanol–water partition coefficient (Wildman–Crippen LogP) is 3.72. The molecule has 0 radical (unpaired) electrons. The molecule has 0 unspecified atom stereocenters. The second kappa shape index (κ2) is 9.84. The number of rotatable bonds is 8. The number of hydrogen-bond acceptors (Lipinski definition) is 7. The van der Waals surface area contributed by atoms with Gasteiger partial charge in [-0.3, -0.25) is 14.2 Å². The number of carbonyl (C=O) groups excluding carboxylic acids is 1. The van der Waals surface area contributed by atoms with Gasteiger partial charge in [0.15, 0.2) is 5.16 Å². The van der Waals surface area contributed by atoms with Gasteiger partial charge in [-0.05, 0) is 43.4 Å². The highest BCUT2D eigenvalue weighted by Gasteiger charge is 2.22. The van der Waals surface area contributed by atoms with Crippen LogP contribution in [0.5, 0.6) is 5.75 Å². The molecule has 31 heavy (non-hydrogen) atoms. The summed E-state index contributed by atoms with van der Waals surface area (Å²) in [6.07, 6.45) is 4.21. The number of para-hydroxylation sites is 2.